The van der Waals surface area contributed by atoms with E-state index in [4.69, 9.17) is 28.9 Å². The number of hydrogen-bond acceptors (Lipinski definition) is 17. The fourth-order valence-electron chi connectivity index (χ4n) is 7.33. The molecule has 6 unspecified atom stereocenters. The number of aliphatic hydroxyl groups is 4. The van der Waals surface area contributed by atoms with Crippen molar-refractivity contribution in [2.75, 3.05) is 52.9 Å². The van der Waals surface area contributed by atoms with Crippen LogP contribution in [0.4, 0.5) is 10.6 Å². The van der Waals surface area contributed by atoms with Crippen molar-refractivity contribution in [3.05, 3.63) is 18.6 Å². The summed E-state index contributed by atoms with van der Waals surface area (Å²) in [6.45, 7) is 3.50. The van der Waals surface area contributed by atoms with Gasteiger partial charge in [-0.25, -0.2) is 20.2 Å². The molecule has 5 heterocycles. The fourth-order valence-corrected chi connectivity index (χ4v) is 7.33. The van der Waals surface area contributed by atoms with Gasteiger partial charge in [0.15, 0.2) is 24.3 Å². The highest BCUT2D eigenvalue weighted by atomic mass is 16.7. The number of likely N-dealkylation sites (N-methyl/N-ethyl adjacent to an activating group) is 2. The number of aliphatic hydroxyl groups excluding tert-OH is 4. The normalized spacial score (nSPS) is 32.0. The highest BCUT2D eigenvalue weighted by Crippen LogP contribution is 2.32. The molecule has 2 aromatic heterocycles. The van der Waals surface area contributed by atoms with E-state index in [1.54, 1.807) is 11.0 Å². The first-order valence-corrected chi connectivity index (χ1v) is 17.9. The third kappa shape index (κ3) is 8.55. The number of likely N-dealkylation sites (tertiary alicyclic amines) is 1. The molecule has 0 spiro atoms. The molecule has 12 atom stereocenters. The minimum atomic E-state index is -1.85. The summed E-state index contributed by atoms with van der Waals surface area (Å²) in [5, 5.41) is 55.7. The van der Waals surface area contributed by atoms with Gasteiger partial charge in [0.1, 0.15) is 61.2 Å². The summed E-state index contributed by atoms with van der Waals surface area (Å²) < 4.78 is 29.1. The zero-order valence-electron chi connectivity index (χ0n) is 31.8. The molecule has 6 N–H and O–H groups in total. The lowest BCUT2D eigenvalue weighted by molar-refractivity contribution is -0.339. The van der Waals surface area contributed by atoms with Crippen LogP contribution in [0.2, 0.25) is 0 Å². The van der Waals surface area contributed by atoms with E-state index in [1.807, 2.05) is 18.0 Å². The van der Waals surface area contributed by atoms with Crippen LogP contribution < -0.4 is 15.6 Å². The summed E-state index contributed by atoms with van der Waals surface area (Å²) in [7, 11) is 5.48. The van der Waals surface area contributed by atoms with E-state index < -0.39 is 85.8 Å². The van der Waals surface area contributed by atoms with Crippen molar-refractivity contribution in [3.8, 4) is 6.07 Å². The van der Waals surface area contributed by atoms with Gasteiger partial charge in [-0.15, -0.1) is 0 Å². The Morgan fingerprint density at radius 1 is 1.05 bits per heavy atom. The van der Waals surface area contributed by atoms with Gasteiger partial charge in [0.2, 0.25) is 11.8 Å². The van der Waals surface area contributed by atoms with Crippen LogP contribution in [0.1, 0.15) is 26.7 Å². The van der Waals surface area contributed by atoms with Crippen molar-refractivity contribution >= 4 is 40.6 Å². The standard InChI is InChI=1S/C34H49N9O13/c1-16-8-11-42(21(46)7-10-35)13-19(16)40(3)29-18-9-12-43(30(18)37-15-36-29)34(51)39-41(4)31(50)28-27(52-5)24(48)25(49)33(56-28)55-26-22(38-17(2)45)32(53-6)54-20(14-44)23(26)47/h9,12,15-16,19-20,22-28,32-33,44,47-49H,7-8,11,13-14H2,1-6H3,(H,38,45)(H,39,51)/t16-,19+,20?,22?,23-,24?,25?,26?,27+,28?,32-,33-/m1/s1. The van der Waals surface area contributed by atoms with Gasteiger partial charge in [-0.2, -0.15) is 5.26 Å². The number of nitrogens with one attached hydrogen (secondary N) is 2. The number of hydrogen-bond donors (Lipinski definition) is 6. The number of carbonyl (C=O) groups is 4. The monoisotopic (exact) mass is 791 g/mol. The zero-order valence-corrected chi connectivity index (χ0v) is 31.8. The fraction of sp³-hybridized carbons (Fsp3) is 0.676. The summed E-state index contributed by atoms with van der Waals surface area (Å²) in [5.74, 6) is -1.08. The average molecular weight is 792 g/mol. The molecule has 22 nitrogen and oxygen atoms in total. The summed E-state index contributed by atoms with van der Waals surface area (Å²) in [6.07, 6.45) is -10.9. The smallest absolute Gasteiger partial charge is 0.346 e. The number of hydrazine groups is 1. The van der Waals surface area contributed by atoms with Crippen LogP contribution in [0, 0.1) is 17.2 Å². The molecule has 308 valence electrons. The van der Waals surface area contributed by atoms with Gasteiger partial charge in [-0.05, 0) is 18.4 Å². The number of rotatable bonds is 10. The Bertz CT molecular complexity index is 1780. The minimum absolute atomic E-state index is 0.153. The van der Waals surface area contributed by atoms with Crippen molar-refractivity contribution in [2.45, 2.75) is 94.1 Å². The molecule has 4 amide bonds. The maximum Gasteiger partial charge on any atom is 0.346 e. The van der Waals surface area contributed by atoms with Crippen molar-refractivity contribution in [1.82, 2.24) is 35.2 Å². The summed E-state index contributed by atoms with van der Waals surface area (Å²) >= 11 is 0. The maximum atomic E-state index is 13.9. The molecule has 0 aromatic carbocycles. The van der Waals surface area contributed by atoms with E-state index >= 15 is 0 Å². The SMILES string of the molecule is CO[C@@H]1OC(CO)[C@@H](O)C(O[C@@H]2OC(C(=O)N(C)NC(=O)n3ccc4c(N(C)[C@H]5CN(C(=O)CC#N)CC[C@H]5C)ncnc43)[C@@H](OC)C(O)C2O)C1NC(C)=O. The molecule has 0 radical (unpaired) electrons. The molecule has 0 saturated carbocycles. The van der Waals surface area contributed by atoms with Crippen molar-refractivity contribution < 1.29 is 63.3 Å². The van der Waals surface area contributed by atoms with E-state index in [2.05, 4.69) is 27.6 Å². The Labute approximate surface area is 321 Å². The lowest BCUT2D eigenvalue weighted by Gasteiger charge is -2.47. The number of fused-ring (bicyclic) bond motifs is 1. The molecule has 56 heavy (non-hydrogen) atoms. The molecule has 0 bridgehead atoms. The topological polar surface area (TPSA) is 284 Å². The average Bonchev–Trinajstić information content (AvgIpc) is 3.62. The summed E-state index contributed by atoms with van der Waals surface area (Å²) in [6, 6.07) is 1.37. The van der Waals surface area contributed by atoms with E-state index in [9.17, 15) is 39.6 Å². The predicted molar refractivity (Wildman–Crippen MR) is 190 cm³/mol. The minimum Gasteiger partial charge on any atom is -0.394 e. The molecule has 2 aromatic rings. The van der Waals surface area contributed by atoms with Crippen LogP contribution in [-0.4, -0.2) is 184 Å². The Kier molecular flexibility index (Phi) is 13.8. The van der Waals surface area contributed by atoms with Crippen molar-refractivity contribution in [3.63, 3.8) is 0 Å². The number of ether oxygens (including phenoxy) is 5. The second kappa shape index (κ2) is 18.1. The van der Waals surface area contributed by atoms with Crippen LogP contribution in [0.15, 0.2) is 18.6 Å². The maximum absolute atomic E-state index is 13.9. The first kappa shape index (κ1) is 42.6. The molecule has 5 rings (SSSR count). The molecular formula is C34H49N9O13. The van der Waals surface area contributed by atoms with Gasteiger partial charge < -0.3 is 59.2 Å². The van der Waals surface area contributed by atoms with E-state index in [0.29, 0.717) is 24.3 Å². The molecule has 3 fully saturated rings. The van der Waals surface area contributed by atoms with Gasteiger partial charge in [0, 0.05) is 54.5 Å². The van der Waals surface area contributed by atoms with Gasteiger partial charge in [0.05, 0.1) is 24.1 Å². The molecular weight excluding hydrogens is 742 g/mol. The zero-order chi connectivity index (χ0) is 41.0. The van der Waals surface area contributed by atoms with E-state index in [0.717, 1.165) is 16.0 Å². The van der Waals surface area contributed by atoms with Crippen LogP contribution in [0.3, 0.4) is 0 Å². The van der Waals surface area contributed by atoms with Crippen LogP contribution in [0.25, 0.3) is 11.0 Å². The van der Waals surface area contributed by atoms with E-state index in [1.165, 1.54) is 40.7 Å². The Morgan fingerprint density at radius 3 is 2.43 bits per heavy atom. The van der Waals surface area contributed by atoms with Gasteiger partial charge >= 0.3 is 6.03 Å². The van der Waals surface area contributed by atoms with Gasteiger partial charge in [0.25, 0.3) is 5.91 Å². The number of anilines is 1. The van der Waals surface area contributed by atoms with Crippen molar-refractivity contribution in [1.29, 1.82) is 5.26 Å². The van der Waals surface area contributed by atoms with Crippen LogP contribution in [-0.2, 0) is 38.1 Å². The number of nitriles is 1. The molecule has 3 aliphatic heterocycles. The second-order valence-corrected chi connectivity index (χ2v) is 13.9. The number of aromatic nitrogens is 3. The summed E-state index contributed by atoms with van der Waals surface area (Å²) in [4.78, 5) is 64.4. The highest BCUT2D eigenvalue weighted by molar-refractivity contribution is 5.95. The van der Waals surface area contributed by atoms with Crippen molar-refractivity contribution in [2.24, 2.45) is 5.92 Å². The molecule has 22 heteroatoms. The van der Waals surface area contributed by atoms with Gasteiger partial charge in [-0.1, -0.05) is 6.92 Å². The predicted octanol–water partition coefficient (Wildman–Crippen LogP) is -2.97. The highest BCUT2D eigenvalue weighted by Gasteiger charge is 2.53. The molecule has 0 aliphatic carbocycles. The Hall–Kier alpha value is -4.57. The lowest BCUT2D eigenvalue weighted by atomic mass is 9.92. The largest absolute Gasteiger partial charge is 0.394 e. The Morgan fingerprint density at radius 2 is 1.79 bits per heavy atom. The first-order valence-electron chi connectivity index (χ1n) is 17.9. The van der Waals surface area contributed by atoms with Gasteiger partial charge in [-0.3, -0.25) is 24.0 Å². The quantitative estimate of drug-likeness (QED) is 0.131. The van der Waals surface area contributed by atoms with E-state index in [-0.39, 0.29) is 29.9 Å². The molecule has 3 saturated heterocycles. The third-order valence-corrected chi connectivity index (χ3v) is 10.4. The van der Waals surface area contributed by atoms with Crippen LogP contribution in [0.5, 0.6) is 0 Å². The number of amides is 4. The number of carbonyl (C=O) groups excluding carboxylic acids is 4. The lowest BCUT2D eigenvalue weighted by Crippen LogP contribution is -2.69. The van der Waals surface area contributed by atoms with Crippen LogP contribution >= 0.6 is 0 Å². The summed E-state index contributed by atoms with van der Waals surface area (Å²) in [5.41, 5.74) is 2.65. The third-order valence-electron chi connectivity index (χ3n) is 10.4. The Balaban J connectivity index is 1.33. The number of piperidine rings is 1. The first-order chi connectivity index (χ1) is 26.7. The number of methoxy groups -OCH3 is 2. The molecule has 3 aliphatic rings. The number of nitrogens with zero attached hydrogens (tertiary/aromatic N) is 7. The second-order valence-electron chi connectivity index (χ2n) is 13.9.